The molecule has 1 amide bonds. The van der Waals surface area contributed by atoms with Gasteiger partial charge in [-0.25, -0.2) is 9.97 Å². The van der Waals surface area contributed by atoms with Crippen LogP contribution in [0.15, 0.2) is 6.07 Å². The molecule has 2 aliphatic rings. The van der Waals surface area contributed by atoms with E-state index in [0.717, 1.165) is 56.0 Å². The van der Waals surface area contributed by atoms with Crippen LogP contribution in [0.1, 0.15) is 44.1 Å². The zero-order valence-corrected chi connectivity index (χ0v) is 17.5. The van der Waals surface area contributed by atoms with Crippen LogP contribution in [0.25, 0.3) is 0 Å². The van der Waals surface area contributed by atoms with E-state index in [1.54, 1.807) is 0 Å². The first kappa shape index (κ1) is 22.9. The van der Waals surface area contributed by atoms with Crippen LogP contribution in [0.3, 0.4) is 0 Å². The quantitative estimate of drug-likeness (QED) is 0.789. The first-order valence-corrected chi connectivity index (χ1v) is 9.12. The van der Waals surface area contributed by atoms with Gasteiger partial charge in [0.25, 0.3) is 0 Å². The largest absolute Gasteiger partial charge is 0.353 e. The summed E-state index contributed by atoms with van der Waals surface area (Å²) in [6.45, 7) is 10.9. The van der Waals surface area contributed by atoms with Crippen molar-refractivity contribution in [3.63, 3.8) is 0 Å². The van der Waals surface area contributed by atoms with Crippen LogP contribution < -0.4 is 10.2 Å². The average molecular weight is 404 g/mol. The lowest BCUT2D eigenvalue weighted by atomic mass is 10.2. The summed E-state index contributed by atoms with van der Waals surface area (Å²) in [4.78, 5) is 25.7. The van der Waals surface area contributed by atoms with Crippen LogP contribution in [0.4, 0.5) is 5.82 Å². The lowest BCUT2D eigenvalue weighted by Crippen LogP contribution is -2.51. The number of piperazine rings is 1. The van der Waals surface area contributed by atoms with Crippen molar-refractivity contribution < 1.29 is 4.79 Å². The van der Waals surface area contributed by atoms with Crippen molar-refractivity contribution >= 4 is 36.5 Å². The zero-order chi connectivity index (χ0) is 17.1. The summed E-state index contributed by atoms with van der Waals surface area (Å²) in [5.74, 6) is 3.24. The molecular formula is C18H31Cl2N5O. The number of rotatable bonds is 6. The predicted octanol–water partition coefficient (Wildman–Crippen LogP) is 2.40. The minimum atomic E-state index is 0. The van der Waals surface area contributed by atoms with E-state index in [-0.39, 0.29) is 30.7 Å². The molecule has 0 unspecified atom stereocenters. The van der Waals surface area contributed by atoms with Gasteiger partial charge < -0.3 is 15.1 Å². The van der Waals surface area contributed by atoms with Crippen molar-refractivity contribution in [3.8, 4) is 0 Å². The van der Waals surface area contributed by atoms with Gasteiger partial charge in [0, 0.05) is 43.9 Å². The highest BCUT2D eigenvalue weighted by Crippen LogP contribution is 2.27. The van der Waals surface area contributed by atoms with Gasteiger partial charge in [-0.1, -0.05) is 13.8 Å². The maximum atomic E-state index is 12.3. The van der Waals surface area contributed by atoms with Crippen molar-refractivity contribution in [1.82, 2.24) is 20.2 Å². The van der Waals surface area contributed by atoms with E-state index < -0.39 is 0 Å². The number of anilines is 1. The number of halogens is 2. The number of carbonyl (C=O) groups excluding carboxylic acids is 1. The molecular weight excluding hydrogens is 373 g/mol. The fourth-order valence-electron chi connectivity index (χ4n) is 3.00. The standard InChI is InChI=1S/C18H29N5O.2ClH/c1-13(2)18-20-14(3)10-16(21-18)22-6-8-23(9-7-22)17(24)12-19-11-15-4-5-15;;/h10,13,15,19H,4-9,11-12H2,1-3H3;2*1H. The average Bonchev–Trinajstić information content (AvgIpc) is 3.38. The molecule has 0 radical (unpaired) electrons. The fraction of sp³-hybridized carbons (Fsp3) is 0.722. The Labute approximate surface area is 169 Å². The summed E-state index contributed by atoms with van der Waals surface area (Å²) in [7, 11) is 0. The summed E-state index contributed by atoms with van der Waals surface area (Å²) in [6.07, 6.45) is 2.63. The highest BCUT2D eigenvalue weighted by atomic mass is 35.5. The monoisotopic (exact) mass is 403 g/mol. The van der Waals surface area contributed by atoms with Crippen molar-refractivity contribution in [3.05, 3.63) is 17.6 Å². The molecule has 2 fully saturated rings. The molecule has 6 nitrogen and oxygen atoms in total. The Kier molecular flexibility index (Phi) is 9.07. The SMILES string of the molecule is Cc1cc(N2CCN(C(=O)CNCC3CC3)CC2)nc(C(C)C)n1.Cl.Cl. The van der Waals surface area contributed by atoms with Crippen molar-refractivity contribution in [2.45, 2.75) is 39.5 Å². The summed E-state index contributed by atoms with van der Waals surface area (Å²) in [5.41, 5.74) is 1.01. The van der Waals surface area contributed by atoms with Gasteiger partial charge in [0.05, 0.1) is 6.54 Å². The molecule has 2 heterocycles. The molecule has 1 saturated carbocycles. The lowest BCUT2D eigenvalue weighted by molar-refractivity contribution is -0.130. The van der Waals surface area contributed by atoms with Gasteiger partial charge in [0.1, 0.15) is 11.6 Å². The summed E-state index contributed by atoms with van der Waals surface area (Å²) in [6, 6.07) is 2.04. The maximum absolute atomic E-state index is 12.3. The zero-order valence-electron chi connectivity index (χ0n) is 15.9. The maximum Gasteiger partial charge on any atom is 0.236 e. The van der Waals surface area contributed by atoms with E-state index >= 15 is 0 Å². The van der Waals surface area contributed by atoms with E-state index in [9.17, 15) is 4.79 Å². The summed E-state index contributed by atoms with van der Waals surface area (Å²) in [5, 5.41) is 3.29. The van der Waals surface area contributed by atoms with E-state index in [0.29, 0.717) is 12.5 Å². The molecule has 1 aromatic heterocycles. The molecule has 8 heteroatoms. The second-order valence-corrected chi connectivity index (χ2v) is 7.32. The number of hydrogen-bond donors (Lipinski definition) is 1. The molecule has 1 aliphatic heterocycles. The first-order chi connectivity index (χ1) is 11.5. The Bertz CT molecular complexity index is 587. The molecule has 0 bridgehead atoms. The Morgan fingerprint density at radius 1 is 1.19 bits per heavy atom. The van der Waals surface area contributed by atoms with Crippen LogP contribution >= 0.6 is 24.8 Å². The summed E-state index contributed by atoms with van der Waals surface area (Å²) >= 11 is 0. The van der Waals surface area contributed by atoms with Crippen molar-refractivity contribution in [2.75, 3.05) is 44.2 Å². The Morgan fingerprint density at radius 3 is 2.42 bits per heavy atom. The number of amides is 1. The molecule has 0 aromatic carbocycles. The van der Waals surface area contributed by atoms with Gasteiger partial charge >= 0.3 is 0 Å². The number of carbonyl (C=O) groups is 1. The van der Waals surface area contributed by atoms with E-state index in [4.69, 9.17) is 4.98 Å². The fourth-order valence-corrected chi connectivity index (χ4v) is 3.00. The molecule has 1 saturated heterocycles. The molecule has 26 heavy (non-hydrogen) atoms. The molecule has 1 N–H and O–H groups in total. The molecule has 0 atom stereocenters. The second-order valence-electron chi connectivity index (χ2n) is 7.32. The minimum absolute atomic E-state index is 0. The predicted molar refractivity (Wildman–Crippen MR) is 110 cm³/mol. The van der Waals surface area contributed by atoms with Gasteiger partial charge in [-0.3, -0.25) is 4.79 Å². The Hall–Kier alpha value is -1.11. The Morgan fingerprint density at radius 2 is 1.85 bits per heavy atom. The normalized spacial score (nSPS) is 16.9. The second kappa shape index (κ2) is 10.3. The topological polar surface area (TPSA) is 61.4 Å². The Balaban J connectivity index is 0.00000169. The molecule has 0 spiro atoms. The van der Waals surface area contributed by atoms with Gasteiger partial charge in [0.15, 0.2) is 0 Å². The molecule has 148 valence electrons. The van der Waals surface area contributed by atoms with Crippen LogP contribution in [0.2, 0.25) is 0 Å². The first-order valence-electron chi connectivity index (χ1n) is 9.12. The van der Waals surface area contributed by atoms with E-state index in [1.807, 2.05) is 17.9 Å². The van der Waals surface area contributed by atoms with Gasteiger partial charge in [-0.2, -0.15) is 0 Å². The van der Waals surface area contributed by atoms with Gasteiger partial charge in [0.2, 0.25) is 5.91 Å². The third-order valence-electron chi connectivity index (χ3n) is 4.74. The van der Waals surface area contributed by atoms with Gasteiger partial charge in [-0.05, 0) is 32.2 Å². The van der Waals surface area contributed by atoms with Crippen LogP contribution in [-0.4, -0.2) is 60.0 Å². The van der Waals surface area contributed by atoms with Crippen molar-refractivity contribution in [2.24, 2.45) is 5.92 Å². The molecule has 1 aliphatic carbocycles. The smallest absolute Gasteiger partial charge is 0.236 e. The summed E-state index contributed by atoms with van der Waals surface area (Å²) < 4.78 is 0. The van der Waals surface area contributed by atoms with Crippen LogP contribution in [-0.2, 0) is 4.79 Å². The lowest BCUT2D eigenvalue weighted by Gasteiger charge is -2.35. The number of nitrogens with one attached hydrogen (secondary N) is 1. The third kappa shape index (κ3) is 6.25. The number of aromatic nitrogens is 2. The van der Waals surface area contributed by atoms with Crippen LogP contribution in [0, 0.1) is 12.8 Å². The highest BCUT2D eigenvalue weighted by Gasteiger charge is 2.24. The van der Waals surface area contributed by atoms with Crippen molar-refractivity contribution in [1.29, 1.82) is 0 Å². The minimum Gasteiger partial charge on any atom is -0.353 e. The third-order valence-corrected chi connectivity index (χ3v) is 4.74. The number of hydrogen-bond acceptors (Lipinski definition) is 5. The number of nitrogens with zero attached hydrogens (tertiary/aromatic N) is 4. The van der Waals surface area contributed by atoms with E-state index in [1.165, 1.54) is 12.8 Å². The highest BCUT2D eigenvalue weighted by molar-refractivity contribution is 5.85. The van der Waals surface area contributed by atoms with E-state index in [2.05, 4.69) is 29.0 Å². The van der Waals surface area contributed by atoms with Crippen LogP contribution in [0.5, 0.6) is 0 Å². The molecule has 1 aromatic rings. The molecule has 3 rings (SSSR count). The van der Waals surface area contributed by atoms with Gasteiger partial charge in [-0.15, -0.1) is 24.8 Å². The number of aryl methyl sites for hydroxylation is 1.